The number of hydrogen-bond acceptors (Lipinski definition) is 7. The molecule has 258 valence electrons. The highest BCUT2D eigenvalue weighted by Crippen LogP contribution is 2.30. The van der Waals surface area contributed by atoms with E-state index in [0.29, 0.717) is 18.7 Å². The van der Waals surface area contributed by atoms with Crippen molar-refractivity contribution in [3.63, 3.8) is 0 Å². The van der Waals surface area contributed by atoms with E-state index in [1.165, 1.54) is 73.5 Å². The third-order valence-corrected chi connectivity index (χ3v) is 9.77. The predicted octanol–water partition coefficient (Wildman–Crippen LogP) is 5.80. The second-order valence-electron chi connectivity index (χ2n) is 11.4. The Kier molecular flexibility index (Phi) is 12.4. The molecule has 0 unspecified atom stereocenters. The van der Waals surface area contributed by atoms with E-state index >= 15 is 4.39 Å². The number of methoxy groups -OCH3 is 1. The summed E-state index contributed by atoms with van der Waals surface area (Å²) in [7, 11) is -3.17. The number of ether oxygens (including phenoxy) is 1. The van der Waals surface area contributed by atoms with Crippen molar-refractivity contribution in [2.45, 2.75) is 50.6 Å². The minimum Gasteiger partial charge on any atom is -0.497 e. The molecule has 0 fully saturated rings. The second kappa shape index (κ2) is 16.7. The zero-order chi connectivity index (χ0) is 35.6. The summed E-state index contributed by atoms with van der Waals surface area (Å²) in [5.74, 6) is -1.45. The van der Waals surface area contributed by atoms with Crippen LogP contribution in [0.5, 0.6) is 5.75 Å². The maximum absolute atomic E-state index is 15.1. The molecule has 4 aromatic rings. The van der Waals surface area contributed by atoms with Crippen molar-refractivity contribution in [1.82, 2.24) is 10.2 Å². The molecule has 0 aromatic heterocycles. The molecule has 4 aromatic carbocycles. The van der Waals surface area contributed by atoms with Gasteiger partial charge in [0.05, 0.1) is 22.6 Å². The van der Waals surface area contributed by atoms with Gasteiger partial charge in [0.2, 0.25) is 11.8 Å². The smallest absolute Gasteiger partial charge is 0.273 e. The number of halogens is 1. The Hall–Kier alpha value is -5.30. The predicted molar refractivity (Wildman–Crippen MR) is 184 cm³/mol. The molecule has 0 saturated carbocycles. The van der Waals surface area contributed by atoms with Crippen molar-refractivity contribution in [3.05, 3.63) is 130 Å². The number of aryl methyl sites for hydroxylation is 1. The molecule has 11 nitrogen and oxygen atoms in total. The number of carbonyl (C=O) groups is 2. The average molecular weight is 691 g/mol. The molecule has 0 spiro atoms. The van der Waals surface area contributed by atoms with E-state index in [-0.39, 0.29) is 29.8 Å². The topological polar surface area (TPSA) is 139 Å². The SMILES string of the molecule is CCCCNC(=O)[C@@H](Cc1ccccc1)N(Cc1ccccc1F)C(=O)CN(c1ccc(OC)cc1)S(=O)(=O)c1ccc(C)c([N+](=O)[O-])c1. The lowest BCUT2D eigenvalue weighted by molar-refractivity contribution is -0.385. The fraction of sp³-hybridized carbons (Fsp3) is 0.278. The Balaban J connectivity index is 1.84. The molecule has 0 saturated heterocycles. The van der Waals surface area contributed by atoms with Crippen molar-refractivity contribution < 1.29 is 32.1 Å². The zero-order valence-corrected chi connectivity index (χ0v) is 28.4. The van der Waals surface area contributed by atoms with E-state index in [9.17, 15) is 28.1 Å². The van der Waals surface area contributed by atoms with Gasteiger partial charge in [-0.3, -0.25) is 24.0 Å². The van der Waals surface area contributed by atoms with E-state index in [1.54, 1.807) is 30.3 Å². The second-order valence-corrected chi connectivity index (χ2v) is 13.2. The van der Waals surface area contributed by atoms with Crippen LogP contribution in [0.4, 0.5) is 15.8 Å². The van der Waals surface area contributed by atoms with Crippen molar-refractivity contribution in [2.24, 2.45) is 0 Å². The molecule has 1 atom stereocenters. The lowest BCUT2D eigenvalue weighted by Crippen LogP contribution is -2.53. The van der Waals surface area contributed by atoms with Crippen LogP contribution in [0.3, 0.4) is 0 Å². The van der Waals surface area contributed by atoms with Crippen molar-refractivity contribution in [2.75, 3.05) is 24.5 Å². The first kappa shape index (κ1) is 36.5. The lowest BCUT2D eigenvalue weighted by Gasteiger charge is -2.34. The third-order valence-electron chi connectivity index (χ3n) is 8.00. The Morgan fingerprint density at radius 3 is 2.29 bits per heavy atom. The molecule has 0 radical (unpaired) electrons. The van der Waals surface area contributed by atoms with Gasteiger partial charge in [-0.05, 0) is 55.3 Å². The van der Waals surface area contributed by atoms with Crippen LogP contribution in [0, 0.1) is 22.9 Å². The van der Waals surface area contributed by atoms with Crippen LogP contribution < -0.4 is 14.4 Å². The molecule has 4 rings (SSSR count). The highest BCUT2D eigenvalue weighted by Gasteiger charge is 2.35. The normalized spacial score (nSPS) is 11.8. The fourth-order valence-electron chi connectivity index (χ4n) is 5.22. The summed E-state index contributed by atoms with van der Waals surface area (Å²) in [5, 5.41) is 14.6. The lowest BCUT2D eigenvalue weighted by atomic mass is 10.0. The molecule has 0 aliphatic carbocycles. The summed E-state index contributed by atoms with van der Waals surface area (Å²) in [6.07, 6.45) is 1.57. The third kappa shape index (κ3) is 9.20. The van der Waals surface area contributed by atoms with Gasteiger partial charge in [-0.1, -0.05) is 67.9 Å². The first-order valence-electron chi connectivity index (χ1n) is 15.7. The molecular weight excluding hydrogens is 651 g/mol. The minimum atomic E-state index is -4.61. The van der Waals surface area contributed by atoms with Crippen LogP contribution in [0.1, 0.15) is 36.5 Å². The van der Waals surface area contributed by atoms with E-state index in [1.807, 2.05) is 13.0 Å². The zero-order valence-electron chi connectivity index (χ0n) is 27.5. The number of nitro benzene ring substituents is 1. The Morgan fingerprint density at radius 1 is 0.980 bits per heavy atom. The van der Waals surface area contributed by atoms with Gasteiger partial charge < -0.3 is 15.0 Å². The summed E-state index contributed by atoms with van der Waals surface area (Å²) in [5.41, 5.74) is 0.773. The van der Waals surface area contributed by atoms with Crippen LogP contribution in [-0.4, -0.2) is 56.3 Å². The minimum absolute atomic E-state index is 0.0650. The highest BCUT2D eigenvalue weighted by molar-refractivity contribution is 7.92. The van der Waals surface area contributed by atoms with E-state index in [2.05, 4.69) is 5.32 Å². The largest absolute Gasteiger partial charge is 0.497 e. The first-order chi connectivity index (χ1) is 23.5. The molecule has 2 amide bonds. The Morgan fingerprint density at radius 2 is 1.65 bits per heavy atom. The fourth-order valence-corrected chi connectivity index (χ4v) is 6.66. The quantitative estimate of drug-likeness (QED) is 0.0891. The van der Waals surface area contributed by atoms with Gasteiger partial charge in [0.25, 0.3) is 15.7 Å². The van der Waals surface area contributed by atoms with Gasteiger partial charge in [-0.25, -0.2) is 12.8 Å². The number of sulfonamides is 1. The summed E-state index contributed by atoms with van der Waals surface area (Å²) < 4.78 is 49.7. The maximum Gasteiger partial charge on any atom is 0.273 e. The van der Waals surface area contributed by atoms with Gasteiger partial charge in [0, 0.05) is 36.7 Å². The summed E-state index contributed by atoms with van der Waals surface area (Å²) in [6.45, 7) is 2.66. The van der Waals surface area contributed by atoms with E-state index < -0.39 is 55.7 Å². The monoisotopic (exact) mass is 690 g/mol. The first-order valence-corrected chi connectivity index (χ1v) is 17.2. The number of carbonyl (C=O) groups excluding carboxylic acids is 2. The molecule has 13 heteroatoms. The van der Waals surface area contributed by atoms with E-state index in [0.717, 1.165) is 22.4 Å². The standard InChI is InChI=1S/C36H39FN4O7S/c1-4-5-21-38-36(43)34(22-27-11-7-6-8-12-27)39(24-28-13-9-10-14-32(28)37)35(42)25-40(29-16-18-30(48-3)19-17-29)49(46,47)31-20-15-26(2)33(23-31)41(44)45/h6-20,23,34H,4-5,21-22,24-25H2,1-3H3,(H,38,43)/t34-/m1/s1. The van der Waals surface area contributed by atoms with Gasteiger partial charge >= 0.3 is 0 Å². The summed E-state index contributed by atoms with van der Waals surface area (Å²) in [4.78, 5) is 40.2. The van der Waals surface area contributed by atoms with Gasteiger partial charge in [-0.2, -0.15) is 0 Å². The number of unbranched alkanes of at least 4 members (excludes halogenated alkanes) is 1. The highest BCUT2D eigenvalue weighted by atomic mass is 32.2. The van der Waals surface area contributed by atoms with Crippen LogP contribution in [0.2, 0.25) is 0 Å². The van der Waals surface area contributed by atoms with Gasteiger partial charge in [0.15, 0.2) is 0 Å². The molecule has 0 heterocycles. The molecule has 0 aliphatic heterocycles. The number of amides is 2. The van der Waals surface area contributed by atoms with Gasteiger partial charge in [0.1, 0.15) is 24.2 Å². The number of anilines is 1. The average Bonchev–Trinajstić information content (AvgIpc) is 3.09. The maximum atomic E-state index is 15.1. The molecule has 49 heavy (non-hydrogen) atoms. The van der Waals surface area contributed by atoms with Crippen molar-refractivity contribution >= 4 is 33.2 Å². The van der Waals surface area contributed by atoms with E-state index in [4.69, 9.17) is 4.74 Å². The summed E-state index contributed by atoms with van der Waals surface area (Å²) in [6, 6.07) is 23.1. The van der Waals surface area contributed by atoms with Crippen LogP contribution >= 0.6 is 0 Å². The molecule has 0 bridgehead atoms. The number of nitrogens with zero attached hydrogens (tertiary/aromatic N) is 3. The van der Waals surface area contributed by atoms with Crippen molar-refractivity contribution in [3.8, 4) is 5.75 Å². The summed E-state index contributed by atoms with van der Waals surface area (Å²) >= 11 is 0. The number of nitrogens with one attached hydrogen (secondary N) is 1. The van der Waals surface area contributed by atoms with Crippen LogP contribution in [-0.2, 0) is 32.6 Å². The van der Waals surface area contributed by atoms with Gasteiger partial charge in [-0.15, -0.1) is 0 Å². The molecular formula is C36H39FN4O7S. The number of rotatable bonds is 16. The molecule has 1 N–H and O–H groups in total. The number of nitro groups is 1. The Bertz CT molecular complexity index is 1870. The molecule has 0 aliphatic rings. The van der Waals surface area contributed by atoms with Crippen molar-refractivity contribution in [1.29, 1.82) is 0 Å². The Labute approximate surface area is 285 Å². The number of hydrogen-bond donors (Lipinski definition) is 1. The van der Waals surface area contributed by atoms with Crippen LogP contribution in [0.15, 0.2) is 102 Å². The number of benzene rings is 4. The van der Waals surface area contributed by atoms with Crippen LogP contribution in [0.25, 0.3) is 0 Å².